The van der Waals surface area contributed by atoms with Crippen LogP contribution < -0.4 is 15.0 Å². The standard InChI is InChI=1S/C20H22N2O4/c1-26-18-8-3-2-7-17(18)22-11-9-16(10-12-22)21-19(23)14-5-4-6-15(13-14)20(24)25/h2-8,13,16H,9-12H2,1H3,(H,21,23)(H,24,25). The zero-order chi connectivity index (χ0) is 18.5. The highest BCUT2D eigenvalue weighted by Crippen LogP contribution is 2.29. The Balaban J connectivity index is 1.59. The Morgan fingerprint density at radius 3 is 2.46 bits per heavy atom. The lowest BCUT2D eigenvalue weighted by atomic mass is 10.0. The highest BCUT2D eigenvalue weighted by Gasteiger charge is 2.23. The van der Waals surface area contributed by atoms with Gasteiger partial charge in [0.15, 0.2) is 0 Å². The number of rotatable bonds is 5. The molecule has 3 rings (SSSR count). The van der Waals surface area contributed by atoms with Crippen LogP contribution in [-0.4, -0.2) is 43.2 Å². The third-order valence-electron chi connectivity index (χ3n) is 4.63. The second-order valence-corrected chi connectivity index (χ2v) is 6.29. The zero-order valence-electron chi connectivity index (χ0n) is 14.6. The van der Waals surface area contributed by atoms with Crippen molar-refractivity contribution in [3.8, 4) is 5.75 Å². The van der Waals surface area contributed by atoms with Crippen LogP contribution in [-0.2, 0) is 0 Å². The van der Waals surface area contributed by atoms with Gasteiger partial charge in [-0.15, -0.1) is 0 Å². The van der Waals surface area contributed by atoms with Crippen molar-refractivity contribution in [1.29, 1.82) is 0 Å². The number of hydrogen-bond donors (Lipinski definition) is 2. The van der Waals surface area contributed by atoms with E-state index in [1.807, 2.05) is 24.3 Å². The van der Waals surface area contributed by atoms with Gasteiger partial charge in [0, 0.05) is 24.7 Å². The summed E-state index contributed by atoms with van der Waals surface area (Å²) in [4.78, 5) is 25.7. The molecule has 2 aromatic rings. The maximum absolute atomic E-state index is 12.4. The van der Waals surface area contributed by atoms with E-state index in [1.54, 1.807) is 19.2 Å². The number of nitrogens with one attached hydrogen (secondary N) is 1. The maximum atomic E-state index is 12.4. The number of carbonyl (C=O) groups is 2. The number of para-hydroxylation sites is 2. The van der Waals surface area contributed by atoms with E-state index in [0.717, 1.165) is 37.4 Å². The fourth-order valence-electron chi connectivity index (χ4n) is 3.22. The number of aromatic carboxylic acids is 1. The van der Waals surface area contributed by atoms with E-state index >= 15 is 0 Å². The summed E-state index contributed by atoms with van der Waals surface area (Å²) in [7, 11) is 1.66. The maximum Gasteiger partial charge on any atom is 0.335 e. The molecular weight excluding hydrogens is 332 g/mol. The molecule has 6 heteroatoms. The van der Waals surface area contributed by atoms with E-state index in [4.69, 9.17) is 9.84 Å². The summed E-state index contributed by atoms with van der Waals surface area (Å²) in [6.45, 7) is 1.64. The van der Waals surface area contributed by atoms with Crippen molar-refractivity contribution in [2.75, 3.05) is 25.1 Å². The number of carbonyl (C=O) groups excluding carboxylic acids is 1. The first-order chi connectivity index (χ1) is 12.6. The molecule has 1 aliphatic heterocycles. The minimum absolute atomic E-state index is 0.0712. The fourth-order valence-corrected chi connectivity index (χ4v) is 3.22. The highest BCUT2D eigenvalue weighted by molar-refractivity contribution is 5.97. The Kier molecular flexibility index (Phi) is 5.41. The van der Waals surface area contributed by atoms with Gasteiger partial charge in [-0.05, 0) is 43.2 Å². The first kappa shape index (κ1) is 17.8. The van der Waals surface area contributed by atoms with Gasteiger partial charge in [0.05, 0.1) is 18.4 Å². The normalized spacial score (nSPS) is 14.7. The van der Waals surface area contributed by atoms with Gasteiger partial charge in [0.25, 0.3) is 5.91 Å². The van der Waals surface area contributed by atoms with E-state index in [2.05, 4.69) is 10.2 Å². The van der Waals surface area contributed by atoms with E-state index in [0.29, 0.717) is 5.56 Å². The first-order valence-corrected chi connectivity index (χ1v) is 8.60. The lowest BCUT2D eigenvalue weighted by Gasteiger charge is -2.34. The first-order valence-electron chi connectivity index (χ1n) is 8.60. The number of hydrogen-bond acceptors (Lipinski definition) is 4. The van der Waals surface area contributed by atoms with Crippen molar-refractivity contribution < 1.29 is 19.4 Å². The number of anilines is 1. The van der Waals surface area contributed by atoms with Gasteiger partial charge in [0.1, 0.15) is 5.75 Å². The van der Waals surface area contributed by atoms with Gasteiger partial charge in [-0.3, -0.25) is 4.79 Å². The summed E-state index contributed by atoms with van der Waals surface area (Å²) in [5, 5.41) is 12.1. The van der Waals surface area contributed by atoms with Crippen molar-refractivity contribution in [2.24, 2.45) is 0 Å². The van der Waals surface area contributed by atoms with Crippen molar-refractivity contribution in [3.05, 3.63) is 59.7 Å². The molecule has 26 heavy (non-hydrogen) atoms. The summed E-state index contributed by atoms with van der Waals surface area (Å²) < 4.78 is 5.42. The second kappa shape index (κ2) is 7.91. The summed E-state index contributed by atoms with van der Waals surface area (Å²) in [6.07, 6.45) is 1.64. The summed E-state index contributed by atoms with van der Waals surface area (Å²) in [5.74, 6) is -0.422. The monoisotopic (exact) mass is 354 g/mol. The highest BCUT2D eigenvalue weighted by atomic mass is 16.5. The molecule has 1 saturated heterocycles. The predicted molar refractivity (Wildman–Crippen MR) is 99.1 cm³/mol. The van der Waals surface area contributed by atoms with Crippen molar-refractivity contribution >= 4 is 17.6 Å². The van der Waals surface area contributed by atoms with Crippen LogP contribution in [0.2, 0.25) is 0 Å². The van der Waals surface area contributed by atoms with Crippen LogP contribution in [0.4, 0.5) is 5.69 Å². The van der Waals surface area contributed by atoms with Crippen molar-refractivity contribution in [3.63, 3.8) is 0 Å². The Bertz CT molecular complexity index is 798. The number of carboxylic acids is 1. The third kappa shape index (κ3) is 3.96. The average Bonchev–Trinajstić information content (AvgIpc) is 2.68. The summed E-state index contributed by atoms with van der Waals surface area (Å²) >= 11 is 0. The fraction of sp³-hybridized carbons (Fsp3) is 0.300. The van der Waals surface area contributed by atoms with Crippen LogP contribution in [0.5, 0.6) is 5.75 Å². The van der Waals surface area contributed by atoms with Gasteiger partial charge < -0.3 is 20.1 Å². The van der Waals surface area contributed by atoms with Crippen molar-refractivity contribution in [1.82, 2.24) is 5.32 Å². The lowest BCUT2D eigenvalue weighted by molar-refractivity contribution is 0.0697. The molecule has 0 atom stereocenters. The molecule has 1 fully saturated rings. The van der Waals surface area contributed by atoms with Gasteiger partial charge in [-0.25, -0.2) is 4.79 Å². The van der Waals surface area contributed by atoms with E-state index in [-0.39, 0.29) is 17.5 Å². The summed E-state index contributed by atoms with van der Waals surface area (Å²) in [5.41, 5.74) is 1.55. The van der Waals surface area contributed by atoms with Gasteiger partial charge in [-0.2, -0.15) is 0 Å². The molecule has 2 N–H and O–H groups in total. The Hall–Kier alpha value is -3.02. The Morgan fingerprint density at radius 2 is 1.77 bits per heavy atom. The molecule has 6 nitrogen and oxygen atoms in total. The minimum Gasteiger partial charge on any atom is -0.495 e. The molecule has 0 aliphatic carbocycles. The van der Waals surface area contributed by atoms with Gasteiger partial charge in [-0.1, -0.05) is 18.2 Å². The summed E-state index contributed by atoms with van der Waals surface area (Å²) in [6, 6.07) is 14.1. The SMILES string of the molecule is COc1ccccc1N1CCC(NC(=O)c2cccc(C(=O)O)c2)CC1. The zero-order valence-corrected chi connectivity index (χ0v) is 14.6. The minimum atomic E-state index is -1.04. The van der Waals surface area contributed by atoms with Crippen LogP contribution in [0.25, 0.3) is 0 Å². The van der Waals surface area contributed by atoms with E-state index in [9.17, 15) is 9.59 Å². The van der Waals surface area contributed by atoms with Crippen LogP contribution in [0, 0.1) is 0 Å². The molecule has 0 spiro atoms. The quantitative estimate of drug-likeness (QED) is 0.863. The smallest absolute Gasteiger partial charge is 0.335 e. The number of carboxylic acid groups (broad SMARTS) is 1. The molecule has 1 aliphatic rings. The molecule has 0 saturated carbocycles. The molecule has 1 heterocycles. The van der Waals surface area contributed by atoms with E-state index in [1.165, 1.54) is 12.1 Å². The lowest BCUT2D eigenvalue weighted by Crippen LogP contribution is -2.44. The Labute approximate surface area is 152 Å². The number of ether oxygens (including phenoxy) is 1. The second-order valence-electron chi connectivity index (χ2n) is 6.29. The number of nitrogens with zero attached hydrogens (tertiary/aromatic N) is 1. The molecule has 136 valence electrons. The van der Waals surface area contributed by atoms with Crippen LogP contribution in [0.1, 0.15) is 33.6 Å². The number of piperidine rings is 1. The number of methoxy groups -OCH3 is 1. The van der Waals surface area contributed by atoms with Gasteiger partial charge >= 0.3 is 5.97 Å². The van der Waals surface area contributed by atoms with Gasteiger partial charge in [0.2, 0.25) is 0 Å². The molecule has 0 aromatic heterocycles. The van der Waals surface area contributed by atoms with Crippen LogP contribution in [0.3, 0.4) is 0 Å². The number of amides is 1. The van der Waals surface area contributed by atoms with Crippen molar-refractivity contribution in [2.45, 2.75) is 18.9 Å². The van der Waals surface area contributed by atoms with Crippen LogP contribution >= 0.6 is 0 Å². The molecule has 0 unspecified atom stereocenters. The molecule has 2 aromatic carbocycles. The molecule has 0 bridgehead atoms. The number of benzene rings is 2. The molecule has 1 amide bonds. The average molecular weight is 354 g/mol. The van der Waals surface area contributed by atoms with Crippen LogP contribution in [0.15, 0.2) is 48.5 Å². The topological polar surface area (TPSA) is 78.9 Å². The largest absolute Gasteiger partial charge is 0.495 e. The predicted octanol–water partition coefficient (Wildman–Crippen LogP) is 2.79. The third-order valence-corrected chi connectivity index (χ3v) is 4.63. The molecular formula is C20H22N2O4. The molecule has 0 radical (unpaired) electrons. The van der Waals surface area contributed by atoms with E-state index < -0.39 is 5.97 Å². The Morgan fingerprint density at radius 1 is 1.08 bits per heavy atom.